The molecule has 1 aromatic heterocycles. The molecule has 0 unspecified atom stereocenters. The fraction of sp³-hybridized carbons (Fsp3) is 0.250. The van der Waals surface area contributed by atoms with Gasteiger partial charge >= 0.3 is 0 Å². The molecular formula is C20H21NO. The van der Waals surface area contributed by atoms with Crippen molar-refractivity contribution in [2.24, 2.45) is 5.41 Å². The van der Waals surface area contributed by atoms with E-state index in [-0.39, 0.29) is 11.0 Å². The van der Waals surface area contributed by atoms with E-state index in [4.69, 9.17) is 0 Å². The summed E-state index contributed by atoms with van der Waals surface area (Å²) in [6.45, 7) is 8.59. The van der Waals surface area contributed by atoms with E-state index in [0.29, 0.717) is 0 Å². The predicted octanol–water partition coefficient (Wildman–Crippen LogP) is 5.05. The summed E-state index contributed by atoms with van der Waals surface area (Å²) >= 11 is 0. The maximum absolute atomic E-state index is 12.2. The Labute approximate surface area is 130 Å². The fourth-order valence-electron chi connectivity index (χ4n) is 2.61. The summed E-state index contributed by atoms with van der Waals surface area (Å²) in [4.78, 5) is 15.2. The average Bonchev–Trinajstić information content (AvgIpc) is 2.45. The normalized spacial score (nSPS) is 12.5. The minimum Gasteiger partial charge on any atom is -0.321 e. The number of pyridine rings is 1. The molecule has 0 fully saturated rings. The summed E-state index contributed by atoms with van der Waals surface area (Å²) in [6.07, 6.45) is 4.32. The Morgan fingerprint density at radius 1 is 0.955 bits per heavy atom. The predicted molar refractivity (Wildman–Crippen MR) is 95.3 cm³/mol. The largest absolute Gasteiger partial charge is 0.321 e. The molecule has 2 heteroatoms. The van der Waals surface area contributed by atoms with Gasteiger partial charge in [0.25, 0.3) is 5.56 Å². The zero-order valence-corrected chi connectivity index (χ0v) is 13.5. The first kappa shape index (κ1) is 14.6. The van der Waals surface area contributed by atoms with Gasteiger partial charge in [0, 0.05) is 16.3 Å². The van der Waals surface area contributed by atoms with Gasteiger partial charge in [-0.2, -0.15) is 0 Å². The Kier molecular flexibility index (Phi) is 3.40. The van der Waals surface area contributed by atoms with Crippen molar-refractivity contribution in [3.05, 3.63) is 64.0 Å². The number of rotatable bonds is 1. The van der Waals surface area contributed by atoms with Gasteiger partial charge in [-0.05, 0) is 47.6 Å². The molecule has 0 spiro atoms. The third-order valence-electron chi connectivity index (χ3n) is 3.78. The number of fused-ring (bicyclic) bond motifs is 3. The molecule has 0 aliphatic carbocycles. The Morgan fingerprint density at radius 2 is 1.73 bits per heavy atom. The average molecular weight is 291 g/mol. The van der Waals surface area contributed by atoms with Crippen LogP contribution in [-0.2, 0) is 0 Å². The van der Waals surface area contributed by atoms with Crippen LogP contribution >= 0.6 is 0 Å². The van der Waals surface area contributed by atoms with Gasteiger partial charge in [0.2, 0.25) is 0 Å². The standard InChI is InChI=1S/C20H21NO/c1-13-5-8-18-17(11-13)16-12-14(9-10-20(2,3)4)6-7-15(16)19(22)21-18/h5-12H,1-4H3,(H,21,22)/b10-9+. The lowest BCUT2D eigenvalue weighted by atomic mass is 9.94. The van der Waals surface area contributed by atoms with Crippen LogP contribution in [0, 0.1) is 12.3 Å². The summed E-state index contributed by atoms with van der Waals surface area (Å²) in [5.74, 6) is 0. The first-order valence-corrected chi connectivity index (χ1v) is 7.59. The summed E-state index contributed by atoms with van der Waals surface area (Å²) in [6, 6.07) is 12.1. The highest BCUT2D eigenvalue weighted by atomic mass is 16.1. The maximum Gasteiger partial charge on any atom is 0.256 e. The van der Waals surface area contributed by atoms with Crippen molar-refractivity contribution in [1.29, 1.82) is 0 Å². The molecule has 3 aromatic rings. The van der Waals surface area contributed by atoms with Crippen LogP contribution in [0.15, 0.2) is 47.3 Å². The van der Waals surface area contributed by atoms with E-state index in [1.807, 2.05) is 24.3 Å². The van der Waals surface area contributed by atoms with Crippen LogP contribution in [-0.4, -0.2) is 4.98 Å². The fourth-order valence-corrected chi connectivity index (χ4v) is 2.61. The van der Waals surface area contributed by atoms with Gasteiger partial charge in [-0.15, -0.1) is 0 Å². The van der Waals surface area contributed by atoms with Gasteiger partial charge in [0.15, 0.2) is 0 Å². The minimum atomic E-state index is -0.0299. The molecule has 0 atom stereocenters. The second-order valence-electron chi connectivity index (χ2n) is 7.01. The van der Waals surface area contributed by atoms with Crippen molar-refractivity contribution in [3.8, 4) is 0 Å². The van der Waals surface area contributed by atoms with Crippen LogP contribution in [0.4, 0.5) is 0 Å². The zero-order valence-electron chi connectivity index (χ0n) is 13.5. The first-order chi connectivity index (χ1) is 10.3. The van der Waals surface area contributed by atoms with E-state index in [0.717, 1.165) is 27.2 Å². The first-order valence-electron chi connectivity index (χ1n) is 7.59. The van der Waals surface area contributed by atoms with Gasteiger partial charge in [0.05, 0.1) is 0 Å². The third-order valence-corrected chi connectivity index (χ3v) is 3.78. The Morgan fingerprint density at radius 3 is 2.45 bits per heavy atom. The monoisotopic (exact) mass is 291 g/mol. The van der Waals surface area contributed by atoms with Gasteiger partial charge in [0.1, 0.15) is 0 Å². The van der Waals surface area contributed by atoms with E-state index >= 15 is 0 Å². The highest BCUT2D eigenvalue weighted by molar-refractivity contribution is 6.06. The van der Waals surface area contributed by atoms with Crippen LogP contribution in [0.1, 0.15) is 31.9 Å². The smallest absolute Gasteiger partial charge is 0.256 e. The number of aromatic nitrogens is 1. The SMILES string of the molecule is Cc1ccc2[nH]c(=O)c3ccc(/C=C/C(C)(C)C)cc3c2c1. The molecule has 2 aromatic carbocycles. The van der Waals surface area contributed by atoms with Gasteiger partial charge in [-0.1, -0.05) is 50.6 Å². The summed E-state index contributed by atoms with van der Waals surface area (Å²) in [5.41, 5.74) is 3.31. The molecule has 0 aliphatic heterocycles. The second-order valence-corrected chi connectivity index (χ2v) is 7.01. The lowest BCUT2D eigenvalue weighted by Gasteiger charge is -2.11. The van der Waals surface area contributed by atoms with Crippen LogP contribution in [0.2, 0.25) is 0 Å². The molecule has 1 N–H and O–H groups in total. The number of aryl methyl sites for hydroxylation is 1. The van der Waals surface area contributed by atoms with Crippen molar-refractivity contribution in [1.82, 2.24) is 4.98 Å². The molecule has 0 bridgehead atoms. The number of benzene rings is 2. The van der Waals surface area contributed by atoms with Crippen molar-refractivity contribution in [3.63, 3.8) is 0 Å². The number of aromatic amines is 1. The van der Waals surface area contributed by atoms with Crippen LogP contribution in [0.5, 0.6) is 0 Å². The molecule has 0 aliphatic rings. The molecule has 1 heterocycles. The van der Waals surface area contributed by atoms with Crippen molar-refractivity contribution in [2.75, 3.05) is 0 Å². The van der Waals surface area contributed by atoms with E-state index in [1.165, 1.54) is 5.56 Å². The number of allylic oxidation sites excluding steroid dienone is 1. The zero-order chi connectivity index (χ0) is 15.9. The Hall–Kier alpha value is -2.35. The molecule has 0 saturated heterocycles. The minimum absolute atomic E-state index is 0.0299. The van der Waals surface area contributed by atoms with Gasteiger partial charge in [-0.25, -0.2) is 0 Å². The molecule has 0 radical (unpaired) electrons. The van der Waals surface area contributed by atoms with Crippen LogP contribution < -0.4 is 5.56 Å². The van der Waals surface area contributed by atoms with E-state index in [1.54, 1.807) is 0 Å². The molecule has 112 valence electrons. The number of nitrogens with one attached hydrogen (secondary N) is 1. The van der Waals surface area contributed by atoms with Crippen LogP contribution in [0.25, 0.3) is 27.8 Å². The van der Waals surface area contributed by atoms with Crippen molar-refractivity contribution in [2.45, 2.75) is 27.7 Å². The second kappa shape index (κ2) is 5.13. The highest BCUT2D eigenvalue weighted by Crippen LogP contribution is 2.25. The molecule has 22 heavy (non-hydrogen) atoms. The lowest BCUT2D eigenvalue weighted by molar-refractivity contribution is 0.547. The molecule has 3 rings (SSSR count). The maximum atomic E-state index is 12.2. The molecule has 0 amide bonds. The van der Waals surface area contributed by atoms with E-state index < -0.39 is 0 Å². The third kappa shape index (κ3) is 2.82. The number of hydrogen-bond donors (Lipinski definition) is 1. The quantitative estimate of drug-likeness (QED) is 0.625. The van der Waals surface area contributed by atoms with E-state index in [2.05, 4.69) is 57.0 Å². The number of H-pyrrole nitrogens is 1. The number of hydrogen-bond acceptors (Lipinski definition) is 1. The van der Waals surface area contributed by atoms with E-state index in [9.17, 15) is 4.79 Å². The Bertz CT molecular complexity index is 939. The van der Waals surface area contributed by atoms with Gasteiger partial charge < -0.3 is 4.98 Å². The summed E-state index contributed by atoms with van der Waals surface area (Å²) in [5, 5.41) is 2.85. The lowest BCUT2D eigenvalue weighted by Crippen LogP contribution is -2.06. The molecule has 2 nitrogen and oxygen atoms in total. The highest BCUT2D eigenvalue weighted by Gasteiger charge is 2.07. The summed E-state index contributed by atoms with van der Waals surface area (Å²) < 4.78 is 0. The van der Waals surface area contributed by atoms with Gasteiger partial charge in [-0.3, -0.25) is 4.79 Å². The van der Waals surface area contributed by atoms with Crippen molar-refractivity contribution >= 4 is 27.8 Å². The Balaban J connectivity index is 2.29. The topological polar surface area (TPSA) is 32.9 Å². The summed E-state index contributed by atoms with van der Waals surface area (Å²) in [7, 11) is 0. The molecular weight excluding hydrogens is 270 g/mol. The van der Waals surface area contributed by atoms with Crippen LogP contribution in [0.3, 0.4) is 0 Å². The van der Waals surface area contributed by atoms with Crippen molar-refractivity contribution < 1.29 is 0 Å². The molecule has 0 saturated carbocycles.